The highest BCUT2D eigenvalue weighted by Gasteiger charge is 2.36. The summed E-state index contributed by atoms with van der Waals surface area (Å²) in [6.45, 7) is 1.79. The first-order valence-electron chi connectivity index (χ1n) is 11.1. The number of fused-ring (bicyclic) bond motifs is 5. The lowest BCUT2D eigenvalue weighted by atomic mass is 9.83. The van der Waals surface area contributed by atoms with Crippen LogP contribution in [0.2, 0.25) is 0 Å². The van der Waals surface area contributed by atoms with E-state index in [0.29, 0.717) is 29.9 Å². The SMILES string of the molecule is O=C(Cn1cnc2sc(-c3ccccc3)cc2c1=O)N1C[C@@H]2C[C@H](C1)c1cccc(=O)n1C2. The van der Waals surface area contributed by atoms with Gasteiger partial charge in [0.05, 0.1) is 11.7 Å². The normalized spacial score (nSPS) is 19.5. The number of carbonyl (C=O) groups excluding carboxylic acids is 1. The predicted molar refractivity (Wildman–Crippen MR) is 127 cm³/mol. The summed E-state index contributed by atoms with van der Waals surface area (Å²) in [7, 11) is 0. The summed E-state index contributed by atoms with van der Waals surface area (Å²) < 4.78 is 3.26. The van der Waals surface area contributed by atoms with Gasteiger partial charge in [0.25, 0.3) is 11.1 Å². The topological polar surface area (TPSA) is 77.2 Å². The first-order valence-corrected chi connectivity index (χ1v) is 11.9. The van der Waals surface area contributed by atoms with Gasteiger partial charge in [0, 0.05) is 42.2 Å². The van der Waals surface area contributed by atoms with Gasteiger partial charge in [0.15, 0.2) is 0 Å². The third kappa shape index (κ3) is 3.51. The molecule has 2 aliphatic heterocycles. The van der Waals surface area contributed by atoms with Crippen LogP contribution in [0, 0.1) is 5.92 Å². The van der Waals surface area contributed by atoms with E-state index < -0.39 is 0 Å². The number of benzene rings is 1. The van der Waals surface area contributed by atoms with Crippen molar-refractivity contribution in [1.82, 2.24) is 19.0 Å². The van der Waals surface area contributed by atoms with Crippen molar-refractivity contribution in [3.8, 4) is 10.4 Å². The number of rotatable bonds is 3. The number of hydrogen-bond acceptors (Lipinski definition) is 5. The number of piperidine rings is 1. The maximum atomic E-state index is 13.2. The average molecular weight is 459 g/mol. The Bertz CT molecular complexity index is 1490. The van der Waals surface area contributed by atoms with Crippen molar-refractivity contribution >= 4 is 27.5 Å². The van der Waals surface area contributed by atoms with E-state index in [4.69, 9.17) is 0 Å². The maximum Gasteiger partial charge on any atom is 0.262 e. The summed E-state index contributed by atoms with van der Waals surface area (Å²) >= 11 is 1.48. The largest absolute Gasteiger partial charge is 0.340 e. The fraction of sp³-hybridized carbons (Fsp3) is 0.280. The molecule has 0 radical (unpaired) electrons. The van der Waals surface area contributed by atoms with E-state index in [1.165, 1.54) is 22.2 Å². The molecule has 0 aliphatic carbocycles. The Morgan fingerprint density at radius 1 is 1.03 bits per heavy atom. The molecule has 3 aromatic heterocycles. The Kier molecular flexibility index (Phi) is 4.76. The molecule has 2 atom stereocenters. The summed E-state index contributed by atoms with van der Waals surface area (Å²) in [5.41, 5.74) is 1.88. The molecule has 0 unspecified atom stereocenters. The van der Waals surface area contributed by atoms with Gasteiger partial charge in [-0.2, -0.15) is 0 Å². The smallest absolute Gasteiger partial charge is 0.262 e. The lowest BCUT2D eigenvalue weighted by molar-refractivity contribution is -0.134. The molecule has 2 bridgehead atoms. The zero-order chi connectivity index (χ0) is 22.5. The molecule has 2 aliphatic rings. The average Bonchev–Trinajstić information content (AvgIpc) is 3.27. The number of nitrogens with zero attached hydrogens (tertiary/aromatic N) is 4. The van der Waals surface area contributed by atoms with E-state index in [1.807, 2.05) is 51.9 Å². The second-order valence-electron chi connectivity index (χ2n) is 8.87. The zero-order valence-corrected chi connectivity index (χ0v) is 18.7. The molecule has 6 rings (SSSR count). The molecule has 0 N–H and O–H groups in total. The van der Waals surface area contributed by atoms with E-state index in [2.05, 4.69) is 4.98 Å². The first-order chi connectivity index (χ1) is 16.1. The third-order valence-corrected chi connectivity index (χ3v) is 7.81. The molecule has 1 saturated heterocycles. The van der Waals surface area contributed by atoms with Crippen molar-refractivity contribution in [2.45, 2.75) is 25.4 Å². The highest BCUT2D eigenvalue weighted by molar-refractivity contribution is 7.21. The van der Waals surface area contributed by atoms with Crippen molar-refractivity contribution in [3.05, 3.63) is 87.3 Å². The van der Waals surface area contributed by atoms with Crippen LogP contribution in [0.5, 0.6) is 0 Å². The molecule has 1 fully saturated rings. The van der Waals surface area contributed by atoms with Gasteiger partial charge < -0.3 is 9.47 Å². The number of thiophene rings is 1. The molecule has 166 valence electrons. The van der Waals surface area contributed by atoms with Crippen LogP contribution in [0.25, 0.3) is 20.7 Å². The maximum absolute atomic E-state index is 13.2. The van der Waals surface area contributed by atoms with Gasteiger partial charge >= 0.3 is 0 Å². The Labute approximate surface area is 193 Å². The van der Waals surface area contributed by atoms with Gasteiger partial charge in [0.1, 0.15) is 11.4 Å². The number of hydrogen-bond donors (Lipinski definition) is 0. The van der Waals surface area contributed by atoms with Crippen LogP contribution in [0.15, 0.2) is 70.5 Å². The molecular formula is C25H22N4O3S. The number of amides is 1. The first kappa shape index (κ1) is 20.1. The summed E-state index contributed by atoms with van der Waals surface area (Å²) in [6.07, 6.45) is 2.46. The predicted octanol–water partition coefficient (Wildman–Crippen LogP) is 2.93. The molecule has 5 heterocycles. The molecular weight excluding hydrogens is 436 g/mol. The summed E-state index contributed by atoms with van der Waals surface area (Å²) in [5, 5.41) is 0.540. The van der Waals surface area contributed by atoms with Crippen LogP contribution >= 0.6 is 11.3 Å². The van der Waals surface area contributed by atoms with Gasteiger partial charge in [0.2, 0.25) is 5.91 Å². The monoisotopic (exact) mass is 458 g/mol. The van der Waals surface area contributed by atoms with Crippen LogP contribution in [-0.2, 0) is 17.9 Å². The second kappa shape index (κ2) is 7.81. The van der Waals surface area contributed by atoms with Crippen LogP contribution in [0.4, 0.5) is 0 Å². The minimum absolute atomic E-state index is 0.0264. The van der Waals surface area contributed by atoms with Crippen molar-refractivity contribution in [2.24, 2.45) is 5.92 Å². The number of pyridine rings is 1. The molecule has 7 nitrogen and oxygen atoms in total. The van der Waals surface area contributed by atoms with Crippen molar-refractivity contribution in [2.75, 3.05) is 13.1 Å². The Morgan fingerprint density at radius 2 is 1.88 bits per heavy atom. The van der Waals surface area contributed by atoms with Gasteiger partial charge in [-0.1, -0.05) is 36.4 Å². The minimum atomic E-state index is -0.194. The number of aromatic nitrogens is 3. The molecule has 33 heavy (non-hydrogen) atoms. The van der Waals surface area contributed by atoms with Crippen molar-refractivity contribution < 1.29 is 4.79 Å². The Hall–Kier alpha value is -3.52. The van der Waals surface area contributed by atoms with E-state index in [-0.39, 0.29) is 35.4 Å². The van der Waals surface area contributed by atoms with Crippen LogP contribution in [0.3, 0.4) is 0 Å². The second-order valence-corrected chi connectivity index (χ2v) is 9.90. The van der Waals surface area contributed by atoms with E-state index in [9.17, 15) is 14.4 Å². The number of likely N-dealkylation sites (tertiary alicyclic amines) is 1. The standard InChI is InChI=1S/C25H22N4O3S/c30-22-8-4-7-20-18-9-16(12-29(20)22)11-27(13-18)23(31)14-28-15-26-24-19(25(28)32)10-21(33-24)17-5-2-1-3-6-17/h1-8,10,15-16,18H,9,11-14H2/t16-,18+/m0/s1. The van der Waals surface area contributed by atoms with E-state index in [0.717, 1.165) is 22.6 Å². The highest BCUT2D eigenvalue weighted by atomic mass is 32.1. The van der Waals surface area contributed by atoms with Crippen molar-refractivity contribution in [3.63, 3.8) is 0 Å². The van der Waals surface area contributed by atoms with Gasteiger partial charge in [-0.05, 0) is 30.0 Å². The van der Waals surface area contributed by atoms with Crippen LogP contribution in [-0.4, -0.2) is 38.0 Å². The molecule has 1 amide bonds. The van der Waals surface area contributed by atoms with Gasteiger partial charge in [-0.3, -0.25) is 19.0 Å². The highest BCUT2D eigenvalue weighted by Crippen LogP contribution is 2.35. The molecule has 4 aromatic rings. The Balaban J connectivity index is 1.25. The van der Waals surface area contributed by atoms with Gasteiger partial charge in [-0.25, -0.2) is 4.98 Å². The Morgan fingerprint density at radius 3 is 2.73 bits per heavy atom. The number of carbonyl (C=O) groups is 1. The quantitative estimate of drug-likeness (QED) is 0.473. The summed E-state index contributed by atoms with van der Waals surface area (Å²) in [4.78, 5) is 46.5. The fourth-order valence-electron chi connectivity index (χ4n) is 5.16. The van der Waals surface area contributed by atoms with Crippen LogP contribution in [0.1, 0.15) is 18.0 Å². The zero-order valence-electron chi connectivity index (χ0n) is 17.9. The minimum Gasteiger partial charge on any atom is -0.340 e. The molecule has 8 heteroatoms. The molecule has 0 spiro atoms. The lowest BCUT2D eigenvalue weighted by Gasteiger charge is -2.42. The van der Waals surface area contributed by atoms with Crippen molar-refractivity contribution in [1.29, 1.82) is 0 Å². The summed E-state index contributed by atoms with van der Waals surface area (Å²) in [6, 6.07) is 17.1. The van der Waals surface area contributed by atoms with Crippen LogP contribution < -0.4 is 11.1 Å². The molecule has 1 aromatic carbocycles. The van der Waals surface area contributed by atoms with Gasteiger partial charge in [-0.15, -0.1) is 11.3 Å². The van der Waals surface area contributed by atoms with E-state index >= 15 is 0 Å². The lowest BCUT2D eigenvalue weighted by Crippen LogP contribution is -2.50. The fourth-order valence-corrected chi connectivity index (χ4v) is 6.16. The third-order valence-electron chi connectivity index (χ3n) is 6.71. The molecule has 0 saturated carbocycles. The summed E-state index contributed by atoms with van der Waals surface area (Å²) in [5.74, 6) is 0.319. The van der Waals surface area contributed by atoms with E-state index in [1.54, 1.807) is 12.1 Å².